The van der Waals surface area contributed by atoms with Gasteiger partial charge in [-0.1, -0.05) is 12.2 Å². The summed E-state index contributed by atoms with van der Waals surface area (Å²) in [5, 5.41) is 0. The van der Waals surface area contributed by atoms with Crippen molar-refractivity contribution in [3.05, 3.63) is 24.5 Å². The molecular weight excluding hydrogens is 140 g/mol. The summed E-state index contributed by atoms with van der Waals surface area (Å²) in [5.74, 6) is 0.205. The Morgan fingerprint density at radius 3 is 2.55 bits per heavy atom. The van der Waals surface area contributed by atoms with Gasteiger partial charge in [-0.2, -0.15) is 0 Å². The Balaban J connectivity index is 3.45. The number of ether oxygens (including phenoxy) is 1. The van der Waals surface area contributed by atoms with Crippen molar-refractivity contribution >= 4 is 5.78 Å². The molecule has 0 atom stereocenters. The fourth-order valence-electron chi connectivity index (χ4n) is 0.608. The molecule has 0 aromatic carbocycles. The van der Waals surface area contributed by atoms with E-state index in [0.29, 0.717) is 12.8 Å². The van der Waals surface area contributed by atoms with Gasteiger partial charge in [0.25, 0.3) is 0 Å². The summed E-state index contributed by atoms with van der Waals surface area (Å²) in [5.41, 5.74) is 0. The summed E-state index contributed by atoms with van der Waals surface area (Å²) < 4.78 is 4.65. The molecule has 0 aromatic heterocycles. The van der Waals surface area contributed by atoms with Crippen LogP contribution in [-0.4, -0.2) is 12.9 Å². The molecule has 2 nitrogen and oxygen atoms in total. The van der Waals surface area contributed by atoms with Crippen LogP contribution < -0.4 is 0 Å². The molecule has 11 heavy (non-hydrogen) atoms. The fraction of sp³-hybridized carbons (Fsp3) is 0.444. The van der Waals surface area contributed by atoms with E-state index in [1.807, 2.05) is 19.1 Å². The van der Waals surface area contributed by atoms with Crippen LogP contribution in [0.15, 0.2) is 24.5 Å². The molecule has 0 amide bonds. The number of hydrogen-bond acceptors (Lipinski definition) is 2. The molecule has 0 N–H and O–H groups in total. The zero-order valence-corrected chi connectivity index (χ0v) is 7.04. The summed E-state index contributed by atoms with van der Waals surface area (Å²) in [6.45, 7) is 1.90. The van der Waals surface area contributed by atoms with E-state index in [9.17, 15) is 4.79 Å². The topological polar surface area (TPSA) is 26.3 Å². The quantitative estimate of drug-likeness (QED) is 0.447. The first-order valence-electron chi connectivity index (χ1n) is 3.62. The van der Waals surface area contributed by atoms with Crippen LogP contribution in [0.5, 0.6) is 0 Å². The molecule has 0 radical (unpaired) electrons. The van der Waals surface area contributed by atoms with Gasteiger partial charge in [-0.25, -0.2) is 0 Å². The average molecular weight is 154 g/mol. The Labute approximate surface area is 67.6 Å². The number of hydrogen-bond donors (Lipinski definition) is 0. The van der Waals surface area contributed by atoms with Crippen LogP contribution >= 0.6 is 0 Å². The highest BCUT2D eigenvalue weighted by atomic mass is 16.5. The van der Waals surface area contributed by atoms with Crippen LogP contribution in [0.1, 0.15) is 19.8 Å². The minimum Gasteiger partial charge on any atom is -0.505 e. The lowest BCUT2D eigenvalue weighted by molar-refractivity contribution is -0.117. The summed E-state index contributed by atoms with van der Waals surface area (Å²) >= 11 is 0. The maximum Gasteiger partial charge on any atom is 0.140 e. The van der Waals surface area contributed by atoms with E-state index in [1.54, 1.807) is 13.2 Å². The van der Waals surface area contributed by atoms with E-state index in [4.69, 9.17) is 0 Å². The third-order valence-corrected chi connectivity index (χ3v) is 1.16. The zero-order valence-electron chi connectivity index (χ0n) is 7.04. The Morgan fingerprint density at radius 2 is 2.00 bits per heavy atom. The Bertz CT molecular complexity index is 157. The lowest BCUT2D eigenvalue weighted by atomic mass is 10.2. The van der Waals surface area contributed by atoms with Crippen molar-refractivity contribution in [2.45, 2.75) is 19.8 Å². The summed E-state index contributed by atoms with van der Waals surface area (Å²) in [6.07, 6.45) is 7.93. The van der Waals surface area contributed by atoms with Crippen molar-refractivity contribution in [3.8, 4) is 0 Å². The molecule has 0 fully saturated rings. The van der Waals surface area contributed by atoms with Gasteiger partial charge in [0.05, 0.1) is 13.4 Å². The maximum atomic E-state index is 10.9. The van der Waals surface area contributed by atoms with Gasteiger partial charge in [-0.05, 0) is 13.0 Å². The largest absolute Gasteiger partial charge is 0.505 e. The molecule has 0 unspecified atom stereocenters. The van der Waals surface area contributed by atoms with Gasteiger partial charge >= 0.3 is 0 Å². The van der Waals surface area contributed by atoms with Crippen molar-refractivity contribution in [2.75, 3.05) is 7.11 Å². The number of rotatable bonds is 5. The van der Waals surface area contributed by atoms with E-state index < -0.39 is 0 Å². The fourth-order valence-corrected chi connectivity index (χ4v) is 0.608. The van der Waals surface area contributed by atoms with Gasteiger partial charge in [0, 0.05) is 12.8 Å². The molecule has 0 saturated heterocycles. The highest BCUT2D eigenvalue weighted by Crippen LogP contribution is 1.92. The van der Waals surface area contributed by atoms with Gasteiger partial charge in [-0.3, -0.25) is 4.79 Å². The van der Waals surface area contributed by atoms with E-state index in [1.165, 1.54) is 6.26 Å². The predicted molar refractivity (Wildman–Crippen MR) is 45.2 cm³/mol. The summed E-state index contributed by atoms with van der Waals surface area (Å²) in [4.78, 5) is 10.9. The molecule has 0 spiro atoms. The van der Waals surface area contributed by atoms with Crippen molar-refractivity contribution in [1.82, 2.24) is 0 Å². The number of allylic oxidation sites excluding steroid dienone is 3. The van der Waals surface area contributed by atoms with Gasteiger partial charge in [-0.15, -0.1) is 0 Å². The number of carbonyl (C=O) groups excluding carboxylic acids is 1. The van der Waals surface area contributed by atoms with Gasteiger partial charge < -0.3 is 4.74 Å². The number of Topliss-reactive ketones (excluding diaryl/α,β-unsaturated/α-hetero) is 1. The van der Waals surface area contributed by atoms with Crippen LogP contribution in [0.25, 0.3) is 0 Å². The first-order chi connectivity index (χ1) is 5.31. The molecular formula is C9H14O2. The van der Waals surface area contributed by atoms with Crippen LogP contribution in [0.4, 0.5) is 0 Å². The summed E-state index contributed by atoms with van der Waals surface area (Å²) in [7, 11) is 1.56. The average Bonchev–Trinajstić information content (AvgIpc) is 2.01. The molecule has 0 aliphatic rings. The van der Waals surface area contributed by atoms with Crippen LogP contribution in [-0.2, 0) is 9.53 Å². The van der Waals surface area contributed by atoms with E-state index in [-0.39, 0.29) is 5.78 Å². The minimum atomic E-state index is 0.205. The molecule has 0 aliphatic heterocycles. The van der Waals surface area contributed by atoms with Gasteiger partial charge in [0.2, 0.25) is 0 Å². The Hall–Kier alpha value is -1.05. The van der Waals surface area contributed by atoms with Crippen molar-refractivity contribution in [2.24, 2.45) is 0 Å². The second-order valence-corrected chi connectivity index (χ2v) is 2.12. The third-order valence-electron chi connectivity index (χ3n) is 1.16. The molecule has 0 rings (SSSR count). The predicted octanol–water partition coefficient (Wildman–Crippen LogP) is 2.07. The second kappa shape index (κ2) is 7.06. The molecule has 0 aromatic rings. The molecule has 0 aliphatic carbocycles. The molecule has 2 heteroatoms. The second-order valence-electron chi connectivity index (χ2n) is 2.12. The minimum absolute atomic E-state index is 0.205. The smallest absolute Gasteiger partial charge is 0.140 e. The molecule has 62 valence electrons. The van der Waals surface area contributed by atoms with E-state index >= 15 is 0 Å². The van der Waals surface area contributed by atoms with E-state index in [0.717, 1.165) is 0 Å². The molecule has 0 heterocycles. The number of methoxy groups -OCH3 is 1. The van der Waals surface area contributed by atoms with Gasteiger partial charge in [0.1, 0.15) is 5.78 Å². The van der Waals surface area contributed by atoms with Gasteiger partial charge in [0.15, 0.2) is 0 Å². The monoisotopic (exact) mass is 154 g/mol. The Kier molecular flexibility index (Phi) is 6.39. The molecule has 0 bridgehead atoms. The van der Waals surface area contributed by atoms with Crippen molar-refractivity contribution < 1.29 is 9.53 Å². The van der Waals surface area contributed by atoms with Crippen LogP contribution in [0.3, 0.4) is 0 Å². The van der Waals surface area contributed by atoms with Crippen LogP contribution in [0.2, 0.25) is 0 Å². The Morgan fingerprint density at radius 1 is 1.36 bits per heavy atom. The first-order valence-corrected chi connectivity index (χ1v) is 3.62. The number of carbonyl (C=O) groups is 1. The van der Waals surface area contributed by atoms with Crippen LogP contribution in [0, 0.1) is 0 Å². The third kappa shape index (κ3) is 6.84. The van der Waals surface area contributed by atoms with Crippen molar-refractivity contribution in [3.63, 3.8) is 0 Å². The van der Waals surface area contributed by atoms with E-state index in [2.05, 4.69) is 4.74 Å². The maximum absolute atomic E-state index is 10.9. The molecule has 0 saturated carbocycles. The lowest BCUT2D eigenvalue weighted by Crippen LogP contribution is -1.91. The summed E-state index contributed by atoms with van der Waals surface area (Å²) in [6, 6.07) is 0. The number of ketones is 1. The zero-order chi connectivity index (χ0) is 8.53. The SMILES string of the molecule is C/C=C/CC(=O)C/C=C/OC. The van der Waals surface area contributed by atoms with Crippen molar-refractivity contribution in [1.29, 1.82) is 0 Å². The highest BCUT2D eigenvalue weighted by molar-refractivity contribution is 5.81. The lowest BCUT2D eigenvalue weighted by Gasteiger charge is -1.89. The normalized spacial score (nSPS) is 11.1. The first kappa shape index (κ1) is 9.95. The standard InChI is InChI=1S/C9H14O2/c1-3-4-6-9(10)7-5-8-11-2/h3-5,8H,6-7H2,1-2H3/b4-3+,8-5+. The highest BCUT2D eigenvalue weighted by Gasteiger charge is 1.93.